The summed E-state index contributed by atoms with van der Waals surface area (Å²) in [6.07, 6.45) is 3.13. The Hall–Kier alpha value is -1.06. The molecule has 0 saturated carbocycles. The Kier molecular flexibility index (Phi) is 7.76. The summed E-state index contributed by atoms with van der Waals surface area (Å²) in [4.78, 5) is 14.4. The van der Waals surface area contributed by atoms with E-state index < -0.39 is 0 Å². The SMILES string of the molecule is CC(CCCc1ccccc1)C(=O)N1CCN[C@H](C)C1.Cl. The second-order valence-electron chi connectivity index (χ2n) is 5.92. The number of carbonyl (C=O) groups is 1. The van der Waals surface area contributed by atoms with Crippen LogP contribution >= 0.6 is 12.4 Å². The van der Waals surface area contributed by atoms with E-state index in [1.54, 1.807) is 0 Å². The number of halogens is 1. The first-order chi connectivity index (χ1) is 9.66. The molecule has 1 aromatic rings. The molecule has 1 unspecified atom stereocenters. The minimum atomic E-state index is 0. The average Bonchev–Trinajstić information content (AvgIpc) is 2.47. The molecule has 4 heteroatoms. The van der Waals surface area contributed by atoms with Crippen LogP contribution in [-0.4, -0.2) is 36.5 Å². The van der Waals surface area contributed by atoms with Crippen LogP contribution in [0.15, 0.2) is 30.3 Å². The average molecular weight is 311 g/mol. The highest BCUT2D eigenvalue weighted by Crippen LogP contribution is 2.14. The number of amides is 1. The lowest BCUT2D eigenvalue weighted by Gasteiger charge is -2.33. The summed E-state index contributed by atoms with van der Waals surface area (Å²) in [5, 5.41) is 3.38. The fourth-order valence-electron chi connectivity index (χ4n) is 2.82. The minimum absolute atomic E-state index is 0. The Bertz CT molecular complexity index is 424. The molecular formula is C17H27ClN2O. The van der Waals surface area contributed by atoms with Crippen LogP contribution in [0.5, 0.6) is 0 Å². The molecular weight excluding hydrogens is 284 g/mol. The van der Waals surface area contributed by atoms with Gasteiger partial charge in [0.05, 0.1) is 0 Å². The first-order valence-electron chi connectivity index (χ1n) is 7.73. The molecule has 1 amide bonds. The van der Waals surface area contributed by atoms with Gasteiger partial charge in [0.1, 0.15) is 0 Å². The Labute approximate surface area is 134 Å². The summed E-state index contributed by atoms with van der Waals surface area (Å²) in [5.41, 5.74) is 1.36. The number of nitrogens with zero attached hydrogens (tertiary/aromatic N) is 1. The third kappa shape index (κ3) is 5.68. The highest BCUT2D eigenvalue weighted by molar-refractivity contribution is 5.85. The number of piperazine rings is 1. The van der Waals surface area contributed by atoms with Crippen molar-refractivity contribution in [2.75, 3.05) is 19.6 Å². The van der Waals surface area contributed by atoms with Crippen LogP contribution in [0.3, 0.4) is 0 Å². The summed E-state index contributed by atoms with van der Waals surface area (Å²) >= 11 is 0. The molecule has 118 valence electrons. The standard InChI is InChI=1S/C17H26N2O.ClH/c1-14(7-6-10-16-8-4-3-5-9-16)17(20)19-12-11-18-15(2)13-19;/h3-5,8-9,14-15,18H,6-7,10-13H2,1-2H3;1H/t14?,15-;/m1./s1. The molecule has 2 atom stereocenters. The normalized spacial score (nSPS) is 19.7. The lowest BCUT2D eigenvalue weighted by atomic mass is 9.99. The van der Waals surface area contributed by atoms with Gasteiger partial charge in [-0.1, -0.05) is 37.3 Å². The molecule has 21 heavy (non-hydrogen) atoms. The molecule has 1 N–H and O–H groups in total. The summed E-state index contributed by atoms with van der Waals surface area (Å²) in [7, 11) is 0. The van der Waals surface area contributed by atoms with Crippen molar-refractivity contribution < 1.29 is 4.79 Å². The molecule has 1 heterocycles. The van der Waals surface area contributed by atoms with Gasteiger partial charge >= 0.3 is 0 Å². The predicted molar refractivity (Wildman–Crippen MR) is 89.8 cm³/mol. The maximum absolute atomic E-state index is 12.4. The lowest BCUT2D eigenvalue weighted by Crippen LogP contribution is -2.52. The van der Waals surface area contributed by atoms with Crippen molar-refractivity contribution in [1.82, 2.24) is 10.2 Å². The smallest absolute Gasteiger partial charge is 0.225 e. The topological polar surface area (TPSA) is 32.3 Å². The van der Waals surface area contributed by atoms with E-state index in [0.29, 0.717) is 11.9 Å². The van der Waals surface area contributed by atoms with Gasteiger partial charge in [-0.25, -0.2) is 0 Å². The Morgan fingerprint density at radius 1 is 1.38 bits per heavy atom. The van der Waals surface area contributed by atoms with Crippen LogP contribution in [0.25, 0.3) is 0 Å². The third-order valence-electron chi connectivity index (χ3n) is 4.05. The van der Waals surface area contributed by atoms with Crippen molar-refractivity contribution in [3.63, 3.8) is 0 Å². The molecule has 1 aliphatic heterocycles. The van der Waals surface area contributed by atoms with Crippen LogP contribution in [0.1, 0.15) is 32.3 Å². The number of aryl methyl sites for hydroxylation is 1. The number of hydrogen-bond donors (Lipinski definition) is 1. The van der Waals surface area contributed by atoms with Crippen molar-refractivity contribution in [2.45, 2.75) is 39.2 Å². The van der Waals surface area contributed by atoms with Gasteiger partial charge in [0.25, 0.3) is 0 Å². The molecule has 1 fully saturated rings. The van der Waals surface area contributed by atoms with Gasteiger partial charge in [0.2, 0.25) is 5.91 Å². The largest absolute Gasteiger partial charge is 0.340 e. The first-order valence-corrected chi connectivity index (χ1v) is 7.73. The van der Waals surface area contributed by atoms with Crippen molar-refractivity contribution in [3.05, 3.63) is 35.9 Å². The van der Waals surface area contributed by atoms with Gasteiger partial charge in [-0.3, -0.25) is 4.79 Å². The van der Waals surface area contributed by atoms with Crippen molar-refractivity contribution >= 4 is 18.3 Å². The minimum Gasteiger partial charge on any atom is -0.340 e. The number of nitrogens with one attached hydrogen (secondary N) is 1. The second kappa shape index (κ2) is 9.06. The van der Waals surface area contributed by atoms with E-state index in [0.717, 1.165) is 38.9 Å². The molecule has 3 nitrogen and oxygen atoms in total. The number of benzene rings is 1. The van der Waals surface area contributed by atoms with Crippen LogP contribution in [0.4, 0.5) is 0 Å². The summed E-state index contributed by atoms with van der Waals surface area (Å²) in [6, 6.07) is 10.9. The third-order valence-corrected chi connectivity index (χ3v) is 4.05. The fraction of sp³-hybridized carbons (Fsp3) is 0.588. The van der Waals surface area contributed by atoms with Gasteiger partial charge < -0.3 is 10.2 Å². The molecule has 0 spiro atoms. The van der Waals surface area contributed by atoms with E-state index in [1.165, 1.54) is 5.56 Å². The maximum atomic E-state index is 12.4. The van der Waals surface area contributed by atoms with Crippen molar-refractivity contribution in [3.8, 4) is 0 Å². The Morgan fingerprint density at radius 3 is 2.76 bits per heavy atom. The number of rotatable bonds is 5. The lowest BCUT2D eigenvalue weighted by molar-refractivity contribution is -0.136. The molecule has 1 aromatic carbocycles. The van der Waals surface area contributed by atoms with Gasteiger partial charge in [-0.2, -0.15) is 0 Å². The summed E-state index contributed by atoms with van der Waals surface area (Å²) in [6.45, 7) is 6.83. The summed E-state index contributed by atoms with van der Waals surface area (Å²) in [5.74, 6) is 0.468. The fourth-order valence-corrected chi connectivity index (χ4v) is 2.82. The van der Waals surface area contributed by atoms with E-state index in [-0.39, 0.29) is 18.3 Å². The van der Waals surface area contributed by atoms with E-state index in [9.17, 15) is 4.79 Å². The van der Waals surface area contributed by atoms with Gasteiger partial charge in [-0.05, 0) is 31.7 Å². The Morgan fingerprint density at radius 2 is 2.10 bits per heavy atom. The first kappa shape index (κ1) is 18.0. The van der Waals surface area contributed by atoms with Crippen LogP contribution < -0.4 is 5.32 Å². The van der Waals surface area contributed by atoms with E-state index >= 15 is 0 Å². The maximum Gasteiger partial charge on any atom is 0.225 e. The number of hydrogen-bond acceptors (Lipinski definition) is 2. The van der Waals surface area contributed by atoms with Crippen molar-refractivity contribution in [1.29, 1.82) is 0 Å². The van der Waals surface area contributed by atoms with E-state index in [1.807, 2.05) is 11.0 Å². The molecule has 0 aromatic heterocycles. The van der Waals surface area contributed by atoms with Crippen LogP contribution in [0.2, 0.25) is 0 Å². The molecule has 2 rings (SSSR count). The van der Waals surface area contributed by atoms with Gasteiger partial charge in [0.15, 0.2) is 0 Å². The summed E-state index contributed by atoms with van der Waals surface area (Å²) < 4.78 is 0. The quantitative estimate of drug-likeness (QED) is 0.907. The van der Waals surface area contributed by atoms with Crippen LogP contribution in [0, 0.1) is 5.92 Å². The zero-order valence-corrected chi connectivity index (χ0v) is 13.9. The van der Waals surface area contributed by atoms with Gasteiger partial charge in [-0.15, -0.1) is 12.4 Å². The second-order valence-corrected chi connectivity index (χ2v) is 5.92. The Balaban J connectivity index is 0.00000220. The molecule has 1 saturated heterocycles. The zero-order chi connectivity index (χ0) is 14.4. The van der Waals surface area contributed by atoms with Gasteiger partial charge in [0, 0.05) is 31.6 Å². The molecule has 0 bridgehead atoms. The highest BCUT2D eigenvalue weighted by atomic mass is 35.5. The van der Waals surface area contributed by atoms with Crippen LogP contribution in [-0.2, 0) is 11.2 Å². The molecule has 0 aliphatic carbocycles. The van der Waals surface area contributed by atoms with E-state index in [2.05, 4.69) is 43.4 Å². The van der Waals surface area contributed by atoms with E-state index in [4.69, 9.17) is 0 Å². The highest BCUT2D eigenvalue weighted by Gasteiger charge is 2.24. The predicted octanol–water partition coefficient (Wildman–Crippen LogP) is 2.89. The monoisotopic (exact) mass is 310 g/mol. The number of carbonyl (C=O) groups excluding carboxylic acids is 1. The zero-order valence-electron chi connectivity index (χ0n) is 13.0. The molecule has 0 radical (unpaired) electrons. The van der Waals surface area contributed by atoms with Crippen molar-refractivity contribution in [2.24, 2.45) is 5.92 Å². The molecule has 1 aliphatic rings.